The summed E-state index contributed by atoms with van der Waals surface area (Å²) < 4.78 is 2.03. The molecule has 0 saturated heterocycles. The standard InChI is InChI=1S/C14H24N4O/c1-11-16-7-9-18(11)10-8-17-13(19)12-5-3-4-6-14(12,2)15/h7,9,12H,3-6,8,10,15H2,1-2H3,(H,17,19). The van der Waals surface area contributed by atoms with Gasteiger partial charge >= 0.3 is 0 Å². The first-order chi connectivity index (χ1) is 9.00. The highest BCUT2D eigenvalue weighted by molar-refractivity contribution is 5.80. The molecule has 0 bridgehead atoms. The van der Waals surface area contributed by atoms with Gasteiger partial charge in [0.25, 0.3) is 0 Å². The zero-order valence-electron chi connectivity index (χ0n) is 11.9. The zero-order valence-corrected chi connectivity index (χ0v) is 11.9. The molecular formula is C14H24N4O. The topological polar surface area (TPSA) is 72.9 Å². The third-order valence-electron chi connectivity index (χ3n) is 4.15. The Morgan fingerprint density at radius 2 is 2.42 bits per heavy atom. The van der Waals surface area contributed by atoms with E-state index in [1.807, 2.05) is 24.6 Å². The van der Waals surface area contributed by atoms with Crippen LogP contribution in [0, 0.1) is 12.8 Å². The lowest BCUT2D eigenvalue weighted by Gasteiger charge is -2.37. The molecule has 1 saturated carbocycles. The van der Waals surface area contributed by atoms with Gasteiger partial charge in [0.2, 0.25) is 5.91 Å². The number of carbonyl (C=O) groups excluding carboxylic acids is 1. The van der Waals surface area contributed by atoms with Gasteiger partial charge in [-0.25, -0.2) is 4.98 Å². The largest absolute Gasteiger partial charge is 0.354 e. The van der Waals surface area contributed by atoms with E-state index in [1.165, 1.54) is 0 Å². The third-order valence-corrected chi connectivity index (χ3v) is 4.15. The van der Waals surface area contributed by atoms with Crippen LogP contribution in [-0.2, 0) is 11.3 Å². The van der Waals surface area contributed by atoms with E-state index >= 15 is 0 Å². The van der Waals surface area contributed by atoms with Crippen molar-refractivity contribution in [3.8, 4) is 0 Å². The van der Waals surface area contributed by atoms with E-state index < -0.39 is 0 Å². The van der Waals surface area contributed by atoms with E-state index in [9.17, 15) is 4.79 Å². The van der Waals surface area contributed by atoms with Crippen LogP contribution in [-0.4, -0.2) is 27.5 Å². The lowest BCUT2D eigenvalue weighted by atomic mass is 9.74. The molecule has 2 unspecified atom stereocenters. The Balaban J connectivity index is 1.82. The van der Waals surface area contributed by atoms with Gasteiger partial charge in [-0.05, 0) is 26.7 Å². The summed E-state index contributed by atoms with van der Waals surface area (Å²) in [7, 11) is 0. The van der Waals surface area contributed by atoms with Crippen molar-refractivity contribution in [3.63, 3.8) is 0 Å². The summed E-state index contributed by atoms with van der Waals surface area (Å²) in [6.07, 6.45) is 7.77. The molecular weight excluding hydrogens is 240 g/mol. The van der Waals surface area contributed by atoms with Crippen LogP contribution >= 0.6 is 0 Å². The number of aryl methyl sites for hydroxylation is 1. The molecule has 3 N–H and O–H groups in total. The van der Waals surface area contributed by atoms with Gasteiger partial charge < -0.3 is 15.6 Å². The lowest BCUT2D eigenvalue weighted by molar-refractivity contribution is -0.128. The van der Waals surface area contributed by atoms with Crippen molar-refractivity contribution in [1.82, 2.24) is 14.9 Å². The number of rotatable bonds is 4. The average Bonchev–Trinajstić information content (AvgIpc) is 2.74. The van der Waals surface area contributed by atoms with E-state index in [0.717, 1.165) is 38.1 Å². The summed E-state index contributed by atoms with van der Waals surface area (Å²) in [6.45, 7) is 5.34. The number of carbonyl (C=O) groups is 1. The van der Waals surface area contributed by atoms with Crippen LogP contribution < -0.4 is 11.1 Å². The first-order valence-corrected chi connectivity index (χ1v) is 7.05. The molecule has 0 aliphatic heterocycles. The summed E-state index contributed by atoms with van der Waals surface area (Å²) in [6, 6.07) is 0. The molecule has 1 fully saturated rings. The van der Waals surface area contributed by atoms with Gasteiger partial charge in [0.1, 0.15) is 5.82 Å². The second-order valence-electron chi connectivity index (χ2n) is 5.76. The number of nitrogens with two attached hydrogens (primary N) is 1. The monoisotopic (exact) mass is 264 g/mol. The molecule has 2 atom stereocenters. The van der Waals surface area contributed by atoms with E-state index in [0.29, 0.717) is 6.54 Å². The maximum absolute atomic E-state index is 12.2. The lowest BCUT2D eigenvalue weighted by Crippen LogP contribution is -2.53. The Hall–Kier alpha value is -1.36. The van der Waals surface area contributed by atoms with Crippen molar-refractivity contribution >= 4 is 5.91 Å². The van der Waals surface area contributed by atoms with Gasteiger partial charge in [-0.2, -0.15) is 0 Å². The molecule has 0 aromatic carbocycles. The number of nitrogens with one attached hydrogen (secondary N) is 1. The fraction of sp³-hybridized carbons (Fsp3) is 0.714. The van der Waals surface area contributed by atoms with Crippen LogP contribution in [0.4, 0.5) is 0 Å². The number of nitrogens with zero attached hydrogens (tertiary/aromatic N) is 2. The highest BCUT2D eigenvalue weighted by atomic mass is 16.1. The van der Waals surface area contributed by atoms with E-state index in [1.54, 1.807) is 6.20 Å². The molecule has 1 aliphatic rings. The first-order valence-electron chi connectivity index (χ1n) is 7.05. The predicted octanol–water partition coefficient (Wildman–Crippen LogP) is 1.22. The van der Waals surface area contributed by atoms with Gasteiger partial charge in [0, 0.05) is 31.0 Å². The quantitative estimate of drug-likeness (QED) is 0.858. The van der Waals surface area contributed by atoms with Gasteiger partial charge in [0.15, 0.2) is 0 Å². The molecule has 1 heterocycles. The Morgan fingerprint density at radius 3 is 3.05 bits per heavy atom. The highest BCUT2D eigenvalue weighted by Gasteiger charge is 2.37. The van der Waals surface area contributed by atoms with Crippen molar-refractivity contribution in [2.45, 2.75) is 51.6 Å². The van der Waals surface area contributed by atoms with Crippen LogP contribution in [0.25, 0.3) is 0 Å². The second kappa shape index (κ2) is 5.74. The summed E-state index contributed by atoms with van der Waals surface area (Å²) in [5, 5.41) is 3.01. The van der Waals surface area contributed by atoms with Crippen molar-refractivity contribution in [1.29, 1.82) is 0 Å². The minimum atomic E-state index is -0.354. The fourth-order valence-electron chi connectivity index (χ4n) is 2.85. The molecule has 5 heteroatoms. The smallest absolute Gasteiger partial charge is 0.225 e. The molecule has 19 heavy (non-hydrogen) atoms. The maximum Gasteiger partial charge on any atom is 0.225 e. The van der Waals surface area contributed by atoms with Crippen LogP contribution in [0.1, 0.15) is 38.4 Å². The third kappa shape index (κ3) is 3.35. The zero-order chi connectivity index (χ0) is 13.9. The van der Waals surface area contributed by atoms with Crippen LogP contribution in [0.2, 0.25) is 0 Å². The number of aromatic nitrogens is 2. The number of amides is 1. The number of hydrogen-bond donors (Lipinski definition) is 2. The van der Waals surface area contributed by atoms with E-state index in [2.05, 4.69) is 10.3 Å². The average molecular weight is 264 g/mol. The normalized spacial score (nSPS) is 27.2. The van der Waals surface area contributed by atoms with Gasteiger partial charge in [-0.1, -0.05) is 12.8 Å². The van der Waals surface area contributed by atoms with Crippen LogP contribution in [0.15, 0.2) is 12.4 Å². The SMILES string of the molecule is Cc1nccn1CCNC(=O)C1CCCCC1(C)N. The van der Waals surface area contributed by atoms with Gasteiger partial charge in [0.05, 0.1) is 5.92 Å². The Morgan fingerprint density at radius 1 is 1.63 bits per heavy atom. The fourth-order valence-corrected chi connectivity index (χ4v) is 2.85. The van der Waals surface area contributed by atoms with Crippen molar-refractivity contribution in [2.75, 3.05) is 6.54 Å². The summed E-state index contributed by atoms with van der Waals surface area (Å²) in [5.74, 6) is 1.02. The first kappa shape index (κ1) is 14.1. The minimum absolute atomic E-state index is 0.0508. The predicted molar refractivity (Wildman–Crippen MR) is 74.5 cm³/mol. The minimum Gasteiger partial charge on any atom is -0.354 e. The highest BCUT2D eigenvalue weighted by Crippen LogP contribution is 2.31. The Kier molecular flexibility index (Phi) is 4.24. The van der Waals surface area contributed by atoms with E-state index in [4.69, 9.17) is 5.73 Å². The molecule has 1 amide bonds. The molecule has 0 spiro atoms. The van der Waals surface area contributed by atoms with Crippen LogP contribution in [0.5, 0.6) is 0 Å². The summed E-state index contributed by atoms with van der Waals surface area (Å²) in [4.78, 5) is 16.4. The summed E-state index contributed by atoms with van der Waals surface area (Å²) >= 11 is 0. The van der Waals surface area contributed by atoms with Crippen LogP contribution in [0.3, 0.4) is 0 Å². The molecule has 1 aromatic heterocycles. The molecule has 5 nitrogen and oxygen atoms in total. The Labute approximate surface area is 114 Å². The van der Waals surface area contributed by atoms with Gasteiger partial charge in [-0.15, -0.1) is 0 Å². The van der Waals surface area contributed by atoms with Crippen molar-refractivity contribution in [2.24, 2.45) is 11.7 Å². The number of hydrogen-bond acceptors (Lipinski definition) is 3. The molecule has 0 radical (unpaired) electrons. The van der Waals surface area contributed by atoms with Gasteiger partial charge in [-0.3, -0.25) is 4.79 Å². The van der Waals surface area contributed by atoms with Crippen molar-refractivity contribution in [3.05, 3.63) is 18.2 Å². The molecule has 2 rings (SSSR count). The summed E-state index contributed by atoms with van der Waals surface area (Å²) in [5.41, 5.74) is 5.88. The maximum atomic E-state index is 12.2. The molecule has 1 aliphatic carbocycles. The molecule has 1 aromatic rings. The van der Waals surface area contributed by atoms with E-state index in [-0.39, 0.29) is 17.4 Å². The Bertz CT molecular complexity index is 438. The van der Waals surface area contributed by atoms with Crippen molar-refractivity contribution < 1.29 is 4.79 Å². The molecule has 106 valence electrons. The number of imidazole rings is 1. The second-order valence-corrected chi connectivity index (χ2v) is 5.76.